The molecule has 1 aliphatic carbocycles. The number of nitrogens with zero attached hydrogens (tertiary/aromatic N) is 2. The van der Waals surface area contributed by atoms with E-state index in [4.69, 9.17) is 4.98 Å². The summed E-state index contributed by atoms with van der Waals surface area (Å²) in [7, 11) is 0. The molecule has 2 heterocycles. The first-order valence-electron chi connectivity index (χ1n) is 12.3. The lowest BCUT2D eigenvalue weighted by molar-refractivity contribution is 0.0944. The first-order chi connectivity index (χ1) is 16.9. The number of halogens is 1. The highest BCUT2D eigenvalue weighted by Gasteiger charge is 2.29. The molecule has 6 heteroatoms. The predicted octanol–water partition coefficient (Wildman–Crippen LogP) is 7.81. The summed E-state index contributed by atoms with van der Waals surface area (Å²) < 4.78 is 17.2. The van der Waals surface area contributed by atoms with E-state index in [0.29, 0.717) is 17.5 Å². The van der Waals surface area contributed by atoms with Crippen LogP contribution in [0.4, 0.5) is 4.39 Å². The number of ketones is 2. The number of fused-ring (bicyclic) bond motifs is 1. The van der Waals surface area contributed by atoms with Gasteiger partial charge < -0.3 is 4.57 Å². The minimum absolute atomic E-state index is 0.0996. The highest BCUT2D eigenvalue weighted by Crippen LogP contribution is 2.40. The molecule has 0 unspecified atom stereocenters. The van der Waals surface area contributed by atoms with E-state index in [2.05, 4.69) is 4.57 Å². The van der Waals surface area contributed by atoms with Crippen LogP contribution in [0.15, 0.2) is 54.6 Å². The van der Waals surface area contributed by atoms with E-state index in [-0.39, 0.29) is 35.5 Å². The van der Waals surface area contributed by atoms with Crippen molar-refractivity contribution in [3.05, 3.63) is 75.7 Å². The zero-order valence-electron chi connectivity index (χ0n) is 20.1. The number of imidazole rings is 1. The van der Waals surface area contributed by atoms with Gasteiger partial charge in [-0.3, -0.25) is 9.59 Å². The Bertz CT molecular complexity index is 1390. The van der Waals surface area contributed by atoms with Crippen LogP contribution in [-0.2, 0) is 0 Å². The molecule has 0 spiro atoms. The minimum Gasteiger partial charge on any atom is -0.321 e. The summed E-state index contributed by atoms with van der Waals surface area (Å²) in [5.74, 6) is 0.546. The van der Waals surface area contributed by atoms with E-state index in [9.17, 15) is 9.59 Å². The maximum Gasteiger partial charge on any atom is 0.173 e. The fourth-order valence-corrected chi connectivity index (χ4v) is 6.13. The fourth-order valence-electron chi connectivity index (χ4n) is 5.31. The number of carbonyl (C=O) groups excluding carboxylic acids is 2. The monoisotopic (exact) mass is 488 g/mol. The molecule has 0 radical (unpaired) electrons. The molecule has 2 atom stereocenters. The Morgan fingerprint density at radius 2 is 1.89 bits per heavy atom. The molecule has 0 bridgehead atoms. The third-order valence-corrected chi connectivity index (χ3v) is 8.08. The number of carbonyl (C=O) groups is 2. The van der Waals surface area contributed by atoms with Crippen molar-refractivity contribution in [1.82, 2.24) is 9.55 Å². The Hall–Kier alpha value is -3.12. The number of rotatable bonds is 7. The molecule has 0 N–H and O–H groups in total. The van der Waals surface area contributed by atoms with Crippen LogP contribution in [-0.4, -0.2) is 21.1 Å². The van der Waals surface area contributed by atoms with Crippen molar-refractivity contribution in [1.29, 1.82) is 0 Å². The predicted molar refractivity (Wildman–Crippen MR) is 139 cm³/mol. The van der Waals surface area contributed by atoms with Gasteiger partial charge in [-0.1, -0.05) is 43.7 Å². The molecule has 0 amide bonds. The van der Waals surface area contributed by atoms with Gasteiger partial charge in [0.05, 0.1) is 21.5 Å². The maximum atomic E-state index is 15.0. The van der Waals surface area contributed by atoms with Crippen molar-refractivity contribution in [3.8, 4) is 11.4 Å². The normalized spacial score (nSPS) is 18.1. The van der Waals surface area contributed by atoms with Crippen LogP contribution in [0.2, 0.25) is 0 Å². The van der Waals surface area contributed by atoms with Crippen LogP contribution in [0.25, 0.3) is 22.4 Å². The summed E-state index contributed by atoms with van der Waals surface area (Å²) in [6, 6.07) is 17.0. The van der Waals surface area contributed by atoms with Gasteiger partial charge in [-0.25, -0.2) is 9.37 Å². The van der Waals surface area contributed by atoms with Gasteiger partial charge in [-0.2, -0.15) is 0 Å². The fraction of sp³-hybridized carbons (Fsp3) is 0.345. The minimum atomic E-state index is -0.499. The van der Waals surface area contributed by atoms with Gasteiger partial charge in [0.1, 0.15) is 11.6 Å². The number of hydrogen-bond donors (Lipinski definition) is 0. The Morgan fingerprint density at radius 3 is 2.60 bits per heavy atom. The summed E-state index contributed by atoms with van der Waals surface area (Å²) in [6.45, 7) is 3.76. The van der Waals surface area contributed by atoms with Crippen molar-refractivity contribution in [2.45, 2.75) is 58.4 Å². The molecule has 4 nitrogen and oxygen atoms in total. The van der Waals surface area contributed by atoms with Crippen LogP contribution in [0.5, 0.6) is 0 Å². The second-order valence-corrected chi connectivity index (χ2v) is 10.8. The first kappa shape index (κ1) is 23.6. The second kappa shape index (κ2) is 9.86. The second-order valence-electron chi connectivity index (χ2n) is 9.49. The highest BCUT2D eigenvalue weighted by molar-refractivity contribution is 7.14. The average Bonchev–Trinajstić information content (AvgIpc) is 3.47. The van der Waals surface area contributed by atoms with Crippen LogP contribution in [0.1, 0.15) is 76.4 Å². The standard InChI is InChI=1S/C29H29FN2O2S/c1-3-26(33)22-16-24-25(17-23(22)30)32(29(31-24)20-9-5-4-6-10-20)21-11-7-8-19(14-21)15-27(34)28-13-12-18(2)35-28/h4-6,9-10,12-13,16-17,19,21H,3,7-8,11,14-15H2,1-2H3/t19-,21+/m1/s1. The molecule has 2 aromatic carbocycles. The quantitative estimate of drug-likeness (QED) is 0.249. The van der Waals surface area contributed by atoms with E-state index < -0.39 is 5.82 Å². The summed E-state index contributed by atoms with van der Waals surface area (Å²) in [6.07, 6.45) is 4.60. The number of benzene rings is 2. The number of Topliss-reactive ketones (excluding diaryl/α,β-unsaturated/α-hetero) is 2. The summed E-state index contributed by atoms with van der Waals surface area (Å²) in [4.78, 5) is 32.1. The SMILES string of the molecule is CCC(=O)c1cc2nc(-c3ccccc3)n([C@H]3CCC[C@@H](CC(=O)c4ccc(C)s4)C3)c2cc1F. The summed E-state index contributed by atoms with van der Waals surface area (Å²) >= 11 is 1.56. The molecule has 0 aliphatic heterocycles. The number of thiophene rings is 1. The Labute approximate surface area is 208 Å². The van der Waals surface area contributed by atoms with Crippen LogP contribution in [0, 0.1) is 18.7 Å². The molecule has 0 saturated heterocycles. The first-order valence-corrected chi connectivity index (χ1v) is 13.2. The maximum absolute atomic E-state index is 15.0. The molecule has 1 saturated carbocycles. The zero-order valence-corrected chi connectivity index (χ0v) is 20.9. The molecular formula is C29H29FN2O2S. The van der Waals surface area contributed by atoms with Gasteiger partial charge in [0.15, 0.2) is 11.6 Å². The van der Waals surface area contributed by atoms with E-state index in [1.54, 1.807) is 24.3 Å². The van der Waals surface area contributed by atoms with E-state index in [1.165, 1.54) is 6.07 Å². The van der Waals surface area contributed by atoms with Crippen LogP contribution in [0.3, 0.4) is 0 Å². The smallest absolute Gasteiger partial charge is 0.173 e. The van der Waals surface area contributed by atoms with Crippen molar-refractivity contribution >= 4 is 33.9 Å². The third kappa shape index (κ3) is 4.72. The van der Waals surface area contributed by atoms with Gasteiger partial charge in [-0.15, -0.1) is 11.3 Å². The van der Waals surface area contributed by atoms with E-state index in [1.807, 2.05) is 49.4 Å². The molecular weight excluding hydrogens is 459 g/mol. The van der Waals surface area contributed by atoms with Crippen LogP contribution >= 0.6 is 11.3 Å². The molecule has 4 aromatic rings. The van der Waals surface area contributed by atoms with Crippen LogP contribution < -0.4 is 0 Å². The highest BCUT2D eigenvalue weighted by atomic mass is 32.1. The van der Waals surface area contributed by atoms with Gasteiger partial charge >= 0.3 is 0 Å². The van der Waals surface area contributed by atoms with Crippen molar-refractivity contribution in [2.24, 2.45) is 5.92 Å². The van der Waals surface area contributed by atoms with Crippen molar-refractivity contribution in [3.63, 3.8) is 0 Å². The van der Waals surface area contributed by atoms with Crippen molar-refractivity contribution < 1.29 is 14.0 Å². The number of aromatic nitrogens is 2. The summed E-state index contributed by atoms with van der Waals surface area (Å²) in [5.41, 5.74) is 2.40. The van der Waals surface area contributed by atoms with E-state index >= 15 is 4.39 Å². The Morgan fingerprint density at radius 1 is 1.09 bits per heavy atom. The van der Waals surface area contributed by atoms with Crippen molar-refractivity contribution in [2.75, 3.05) is 0 Å². The lowest BCUT2D eigenvalue weighted by atomic mass is 9.82. The van der Waals surface area contributed by atoms with Gasteiger partial charge in [0.25, 0.3) is 0 Å². The molecule has 2 aromatic heterocycles. The lowest BCUT2D eigenvalue weighted by Gasteiger charge is -2.31. The average molecular weight is 489 g/mol. The lowest BCUT2D eigenvalue weighted by Crippen LogP contribution is -2.22. The Kier molecular flexibility index (Phi) is 6.65. The molecule has 180 valence electrons. The Balaban J connectivity index is 1.53. The topological polar surface area (TPSA) is 52.0 Å². The third-order valence-electron chi connectivity index (χ3n) is 7.04. The number of aryl methyl sites for hydroxylation is 1. The molecule has 35 heavy (non-hydrogen) atoms. The van der Waals surface area contributed by atoms with E-state index in [0.717, 1.165) is 46.8 Å². The summed E-state index contributed by atoms with van der Waals surface area (Å²) in [5, 5.41) is 0. The molecule has 1 fully saturated rings. The molecule has 1 aliphatic rings. The largest absolute Gasteiger partial charge is 0.321 e. The zero-order chi connectivity index (χ0) is 24.5. The van der Waals surface area contributed by atoms with Gasteiger partial charge in [0.2, 0.25) is 0 Å². The van der Waals surface area contributed by atoms with Gasteiger partial charge in [-0.05, 0) is 50.3 Å². The number of hydrogen-bond acceptors (Lipinski definition) is 4. The van der Waals surface area contributed by atoms with Gasteiger partial charge in [0, 0.05) is 35.4 Å². The molecule has 5 rings (SSSR count).